The highest BCUT2D eigenvalue weighted by atomic mass is 32.1. The van der Waals surface area contributed by atoms with E-state index in [0.717, 1.165) is 52.0 Å². The molecule has 2 aliphatic heterocycles. The van der Waals surface area contributed by atoms with Crippen LogP contribution in [0, 0.1) is 0 Å². The van der Waals surface area contributed by atoms with Gasteiger partial charge in [0.2, 0.25) is 0 Å². The van der Waals surface area contributed by atoms with Gasteiger partial charge in [0.05, 0.1) is 0 Å². The summed E-state index contributed by atoms with van der Waals surface area (Å²) >= 11 is 1.29. The van der Waals surface area contributed by atoms with Crippen molar-refractivity contribution in [3.8, 4) is 0 Å². The Hall–Kier alpha value is -3.11. The predicted octanol–water partition coefficient (Wildman–Crippen LogP) is 0.946. The second-order valence-electron chi connectivity index (χ2n) is 9.47. The van der Waals surface area contributed by atoms with Crippen LogP contribution < -0.4 is 30.7 Å². The molecule has 0 saturated carbocycles. The van der Waals surface area contributed by atoms with E-state index in [9.17, 15) is 14.4 Å². The van der Waals surface area contributed by atoms with E-state index in [2.05, 4.69) is 20.9 Å². The summed E-state index contributed by atoms with van der Waals surface area (Å²) < 4.78 is 2.75. The average molecular weight is 527 g/mol. The maximum Gasteiger partial charge on any atom is 0.272 e. The molecule has 1 aromatic carbocycles. The summed E-state index contributed by atoms with van der Waals surface area (Å²) in [5.41, 5.74) is 1.59. The van der Waals surface area contributed by atoms with Gasteiger partial charge in [-0.05, 0) is 76.9 Å². The number of carbonyl (C=O) groups is 2. The van der Waals surface area contributed by atoms with Crippen LogP contribution in [0.15, 0.2) is 29.1 Å². The number of likely N-dealkylation sites (N-methyl/N-ethyl adjacent to an activating group) is 1. The van der Waals surface area contributed by atoms with Crippen LogP contribution in [0.4, 0.5) is 5.69 Å². The van der Waals surface area contributed by atoms with E-state index < -0.39 is 0 Å². The third-order valence-corrected chi connectivity index (χ3v) is 8.06. The lowest BCUT2D eigenvalue weighted by molar-refractivity contribution is -0.124. The summed E-state index contributed by atoms with van der Waals surface area (Å²) in [5.74, 6) is -0.174. The van der Waals surface area contributed by atoms with Gasteiger partial charge in [-0.2, -0.15) is 0 Å². The average Bonchev–Trinajstić information content (AvgIpc) is 3.68. The summed E-state index contributed by atoms with van der Waals surface area (Å²) in [5, 5.41) is 9.21. The number of nitrogens with one attached hydrogen (secondary N) is 3. The van der Waals surface area contributed by atoms with Crippen molar-refractivity contribution in [2.75, 3.05) is 51.6 Å². The zero-order valence-electron chi connectivity index (χ0n) is 21.8. The highest BCUT2D eigenvalue weighted by Crippen LogP contribution is 2.12. The summed E-state index contributed by atoms with van der Waals surface area (Å²) in [4.78, 5) is 43.1. The highest BCUT2D eigenvalue weighted by molar-refractivity contribution is 7.07. The van der Waals surface area contributed by atoms with E-state index >= 15 is 0 Å². The molecule has 0 radical (unpaired) electrons. The first kappa shape index (κ1) is 26.9. The van der Waals surface area contributed by atoms with Crippen LogP contribution in [0.3, 0.4) is 0 Å². The molecule has 3 heterocycles. The third kappa shape index (κ3) is 6.61. The number of carbonyl (C=O) groups excluding carboxylic acids is 2. The monoisotopic (exact) mass is 526 g/mol. The van der Waals surface area contributed by atoms with Crippen molar-refractivity contribution in [3.05, 3.63) is 49.4 Å². The first-order chi connectivity index (χ1) is 18.0. The van der Waals surface area contributed by atoms with Gasteiger partial charge in [0.25, 0.3) is 17.4 Å². The number of benzene rings is 1. The Labute approximate surface area is 221 Å². The van der Waals surface area contributed by atoms with Gasteiger partial charge in [-0.1, -0.05) is 6.07 Å². The van der Waals surface area contributed by atoms with Crippen molar-refractivity contribution < 1.29 is 9.59 Å². The number of anilines is 1. The third-order valence-electron chi connectivity index (χ3n) is 6.93. The van der Waals surface area contributed by atoms with Crippen molar-refractivity contribution in [1.82, 2.24) is 25.0 Å². The predicted molar refractivity (Wildman–Crippen MR) is 149 cm³/mol. The fourth-order valence-electron chi connectivity index (χ4n) is 4.89. The van der Waals surface area contributed by atoms with E-state index in [0.29, 0.717) is 39.2 Å². The molecule has 2 fully saturated rings. The lowest BCUT2D eigenvalue weighted by Gasteiger charge is -2.17. The summed E-state index contributed by atoms with van der Waals surface area (Å²) in [6.45, 7) is 7.84. The van der Waals surface area contributed by atoms with Crippen molar-refractivity contribution in [2.24, 2.45) is 0 Å². The quantitative estimate of drug-likeness (QED) is 0.399. The van der Waals surface area contributed by atoms with Crippen molar-refractivity contribution in [2.45, 2.75) is 45.6 Å². The normalized spacial score (nSPS) is 17.2. The molecular weight excluding hydrogens is 488 g/mol. The molecule has 0 aliphatic carbocycles. The van der Waals surface area contributed by atoms with Gasteiger partial charge in [-0.3, -0.25) is 19.0 Å². The van der Waals surface area contributed by atoms with E-state index in [1.807, 2.05) is 24.0 Å². The molecule has 9 nitrogen and oxygen atoms in total. The molecule has 2 saturated heterocycles. The molecule has 2 aliphatic rings. The van der Waals surface area contributed by atoms with Gasteiger partial charge in [0, 0.05) is 50.7 Å². The number of aromatic nitrogens is 1. The lowest BCUT2D eigenvalue weighted by Crippen LogP contribution is -2.39. The summed E-state index contributed by atoms with van der Waals surface area (Å²) in [7, 11) is 1.72. The maximum absolute atomic E-state index is 13.1. The van der Waals surface area contributed by atoms with Crippen molar-refractivity contribution in [1.29, 1.82) is 0 Å². The number of hydrogen-bond donors (Lipinski definition) is 3. The topological polar surface area (TPSA) is 98.7 Å². The largest absolute Gasteiger partial charge is 0.381 e. The SMILES string of the molecule is CCn1c(=O)/c(=C\Nc2cccc(C(=O)NCCCN3CCCC3)c2)s/c1=C(/NC)C(=O)N1CCCC1. The van der Waals surface area contributed by atoms with Gasteiger partial charge >= 0.3 is 0 Å². The molecule has 0 unspecified atom stereocenters. The van der Waals surface area contributed by atoms with Crippen LogP contribution in [0.5, 0.6) is 0 Å². The fourth-order valence-corrected chi connectivity index (χ4v) is 6.03. The minimum atomic E-state index is -0.149. The van der Waals surface area contributed by atoms with E-state index in [-0.39, 0.29) is 17.4 Å². The summed E-state index contributed by atoms with van der Waals surface area (Å²) in [6.07, 6.45) is 7.15. The van der Waals surface area contributed by atoms with Crippen LogP contribution in [-0.2, 0) is 11.3 Å². The molecule has 2 amide bonds. The number of amides is 2. The van der Waals surface area contributed by atoms with Crippen LogP contribution in [-0.4, -0.2) is 72.5 Å². The van der Waals surface area contributed by atoms with Crippen LogP contribution in [0.25, 0.3) is 11.9 Å². The first-order valence-corrected chi connectivity index (χ1v) is 14.1. The molecule has 3 N–H and O–H groups in total. The first-order valence-electron chi connectivity index (χ1n) is 13.3. The lowest BCUT2D eigenvalue weighted by atomic mass is 10.2. The van der Waals surface area contributed by atoms with Gasteiger partial charge in [0.15, 0.2) is 0 Å². The van der Waals surface area contributed by atoms with Gasteiger partial charge < -0.3 is 25.8 Å². The Kier molecular flexibility index (Phi) is 9.40. The second-order valence-corrected chi connectivity index (χ2v) is 10.5. The molecule has 2 aromatic rings. The molecule has 4 rings (SSSR count). The number of rotatable bonds is 10. The molecule has 0 atom stereocenters. The molecule has 10 heteroatoms. The Morgan fingerprint density at radius 2 is 1.81 bits per heavy atom. The Morgan fingerprint density at radius 1 is 1.08 bits per heavy atom. The molecule has 200 valence electrons. The maximum atomic E-state index is 13.1. The van der Waals surface area contributed by atoms with E-state index in [1.54, 1.807) is 29.9 Å². The van der Waals surface area contributed by atoms with Crippen molar-refractivity contribution in [3.63, 3.8) is 0 Å². The van der Waals surface area contributed by atoms with E-state index in [1.165, 1.54) is 24.2 Å². The Balaban J connectivity index is 1.47. The van der Waals surface area contributed by atoms with Gasteiger partial charge in [-0.15, -0.1) is 11.3 Å². The number of thiazole rings is 1. The smallest absolute Gasteiger partial charge is 0.272 e. The van der Waals surface area contributed by atoms with Gasteiger partial charge in [0.1, 0.15) is 14.9 Å². The number of likely N-dealkylation sites (tertiary alicyclic amines) is 2. The van der Waals surface area contributed by atoms with Gasteiger partial charge in [-0.25, -0.2) is 0 Å². The van der Waals surface area contributed by atoms with E-state index in [4.69, 9.17) is 0 Å². The van der Waals surface area contributed by atoms with Crippen LogP contribution in [0.2, 0.25) is 0 Å². The van der Waals surface area contributed by atoms with Crippen LogP contribution >= 0.6 is 11.3 Å². The standard InChI is InChI=1S/C27H38N6O3S/c1-3-33-25(35)22(37-27(33)23(28-2)26(36)32-16-6-7-17-32)19-30-21-11-8-10-20(18-21)24(34)29-12-9-15-31-13-4-5-14-31/h8,10-11,18-19,28,30H,3-7,9,12-17H2,1-2H3,(H,29,34)/b22-19+,27-23+. The zero-order chi connectivity index (χ0) is 26.2. The molecule has 0 bridgehead atoms. The number of nitrogens with zero attached hydrogens (tertiary/aromatic N) is 3. The van der Waals surface area contributed by atoms with Crippen LogP contribution in [0.1, 0.15) is 49.4 Å². The molecule has 0 spiro atoms. The molecule has 1 aromatic heterocycles. The zero-order valence-corrected chi connectivity index (χ0v) is 22.7. The Morgan fingerprint density at radius 3 is 2.51 bits per heavy atom. The minimum absolute atomic E-state index is 0.0675. The molecule has 37 heavy (non-hydrogen) atoms. The highest BCUT2D eigenvalue weighted by Gasteiger charge is 2.23. The fraction of sp³-hybridized carbons (Fsp3) is 0.519. The van der Waals surface area contributed by atoms with Crippen molar-refractivity contribution >= 4 is 40.7 Å². The minimum Gasteiger partial charge on any atom is -0.381 e. The molecular formula is C27H38N6O3S. The second kappa shape index (κ2) is 12.9. The Bertz CT molecular complexity index is 1270. The number of hydrogen-bond acceptors (Lipinski definition) is 7. The summed E-state index contributed by atoms with van der Waals surface area (Å²) in [6, 6.07) is 7.24.